The van der Waals surface area contributed by atoms with Crippen molar-refractivity contribution in [2.24, 2.45) is 0 Å². The highest BCUT2D eigenvalue weighted by Gasteiger charge is 2.34. The highest BCUT2D eigenvalue weighted by molar-refractivity contribution is 5.95. The van der Waals surface area contributed by atoms with Gasteiger partial charge in [-0.1, -0.05) is 0 Å². The second-order valence-corrected chi connectivity index (χ2v) is 7.02. The van der Waals surface area contributed by atoms with Crippen molar-refractivity contribution in [3.05, 3.63) is 29.8 Å². The Morgan fingerprint density at radius 3 is 2.46 bits per heavy atom. The zero-order chi connectivity index (χ0) is 17.1. The first-order chi connectivity index (χ1) is 11.5. The van der Waals surface area contributed by atoms with Gasteiger partial charge in [0.05, 0.1) is 0 Å². The van der Waals surface area contributed by atoms with Gasteiger partial charge in [0.1, 0.15) is 0 Å². The molecule has 6 nitrogen and oxygen atoms in total. The second-order valence-electron chi connectivity index (χ2n) is 7.02. The van der Waals surface area contributed by atoms with Crippen LogP contribution in [-0.2, 0) is 0 Å². The third-order valence-corrected chi connectivity index (χ3v) is 4.44. The molecular formula is C18H26N4O2. The van der Waals surface area contributed by atoms with Crippen LogP contribution in [0.15, 0.2) is 24.3 Å². The molecule has 1 aromatic rings. The number of carbonyl (C=O) groups excluding carboxylic acids is 2. The fourth-order valence-electron chi connectivity index (χ4n) is 3.08. The molecule has 1 heterocycles. The van der Waals surface area contributed by atoms with E-state index in [-0.39, 0.29) is 24.0 Å². The van der Waals surface area contributed by atoms with Crippen LogP contribution in [0.5, 0.6) is 0 Å². The minimum atomic E-state index is -0.242. The molecule has 0 radical (unpaired) electrons. The highest BCUT2D eigenvalue weighted by atomic mass is 16.2. The zero-order valence-corrected chi connectivity index (χ0v) is 14.3. The van der Waals surface area contributed by atoms with E-state index in [0.29, 0.717) is 11.3 Å². The van der Waals surface area contributed by atoms with Gasteiger partial charge >= 0.3 is 6.03 Å². The van der Waals surface area contributed by atoms with E-state index < -0.39 is 0 Å². The number of nitrogens with one attached hydrogen (secondary N) is 3. The van der Waals surface area contributed by atoms with Crippen LogP contribution in [0.3, 0.4) is 0 Å². The summed E-state index contributed by atoms with van der Waals surface area (Å²) in [5, 5.41) is 8.62. The number of hydrogen-bond donors (Lipinski definition) is 3. The van der Waals surface area contributed by atoms with Crippen molar-refractivity contribution in [1.29, 1.82) is 0 Å². The number of hydrogen-bond acceptors (Lipinski definition) is 3. The molecule has 6 heteroatoms. The second kappa shape index (κ2) is 7.21. The van der Waals surface area contributed by atoms with Crippen LogP contribution < -0.4 is 16.0 Å². The van der Waals surface area contributed by atoms with Gasteiger partial charge in [-0.05, 0) is 57.4 Å². The molecule has 2 fully saturated rings. The Morgan fingerprint density at radius 1 is 1.12 bits per heavy atom. The maximum atomic E-state index is 12.3. The third-order valence-electron chi connectivity index (χ3n) is 4.44. The first kappa shape index (κ1) is 16.8. The van der Waals surface area contributed by atoms with E-state index in [9.17, 15) is 9.59 Å². The number of nitrogens with zero attached hydrogens (tertiary/aromatic N) is 1. The molecule has 1 aromatic carbocycles. The molecule has 0 spiro atoms. The van der Waals surface area contributed by atoms with Gasteiger partial charge in [0.25, 0.3) is 5.91 Å². The maximum absolute atomic E-state index is 12.3. The monoisotopic (exact) mass is 330 g/mol. The molecule has 1 saturated heterocycles. The lowest BCUT2D eigenvalue weighted by Gasteiger charge is -2.16. The van der Waals surface area contributed by atoms with Gasteiger partial charge in [-0.3, -0.25) is 9.69 Å². The highest BCUT2D eigenvalue weighted by Crippen LogP contribution is 2.29. The van der Waals surface area contributed by atoms with Crippen molar-refractivity contribution < 1.29 is 9.59 Å². The van der Waals surface area contributed by atoms with Gasteiger partial charge in [-0.15, -0.1) is 0 Å². The number of amides is 3. The molecule has 1 aliphatic heterocycles. The van der Waals surface area contributed by atoms with Crippen molar-refractivity contribution >= 4 is 17.6 Å². The van der Waals surface area contributed by atoms with Gasteiger partial charge in [0.2, 0.25) is 0 Å². The molecule has 3 amide bonds. The summed E-state index contributed by atoms with van der Waals surface area (Å²) in [4.78, 5) is 26.5. The van der Waals surface area contributed by atoms with Crippen molar-refractivity contribution in [2.45, 2.75) is 51.2 Å². The molecule has 3 N–H and O–H groups in total. The molecular weight excluding hydrogens is 304 g/mol. The van der Waals surface area contributed by atoms with Crippen molar-refractivity contribution in [3.63, 3.8) is 0 Å². The summed E-state index contributed by atoms with van der Waals surface area (Å²) >= 11 is 0. The summed E-state index contributed by atoms with van der Waals surface area (Å²) in [6.07, 6.45) is 3.64. The Hall–Kier alpha value is -2.08. The summed E-state index contributed by atoms with van der Waals surface area (Å²) in [6.45, 7) is 5.86. The van der Waals surface area contributed by atoms with Crippen molar-refractivity contribution in [1.82, 2.24) is 15.5 Å². The minimum absolute atomic E-state index is 0.0455. The number of benzene rings is 1. The molecule has 24 heavy (non-hydrogen) atoms. The van der Waals surface area contributed by atoms with Gasteiger partial charge in [-0.25, -0.2) is 4.79 Å². The van der Waals surface area contributed by atoms with E-state index in [2.05, 4.69) is 20.9 Å². The van der Waals surface area contributed by atoms with Crippen LogP contribution in [0.2, 0.25) is 0 Å². The largest absolute Gasteiger partial charge is 0.348 e. The average molecular weight is 330 g/mol. The molecule has 0 bridgehead atoms. The third kappa shape index (κ3) is 4.47. The lowest BCUT2D eigenvalue weighted by atomic mass is 10.1. The smallest absolute Gasteiger partial charge is 0.319 e. The number of anilines is 1. The molecule has 1 unspecified atom stereocenters. The van der Waals surface area contributed by atoms with E-state index in [1.165, 1.54) is 12.8 Å². The normalized spacial score (nSPS) is 20.9. The Labute approximate surface area is 143 Å². The summed E-state index contributed by atoms with van der Waals surface area (Å²) in [5.41, 5.74) is 1.29. The minimum Gasteiger partial charge on any atom is -0.348 e. The van der Waals surface area contributed by atoms with Crippen molar-refractivity contribution in [3.8, 4) is 0 Å². The maximum Gasteiger partial charge on any atom is 0.319 e. The quantitative estimate of drug-likeness (QED) is 0.775. The topological polar surface area (TPSA) is 73.5 Å². The summed E-state index contributed by atoms with van der Waals surface area (Å²) < 4.78 is 0. The Balaban J connectivity index is 1.49. The molecule has 3 rings (SSSR count). The molecule has 130 valence electrons. The van der Waals surface area contributed by atoms with Gasteiger partial charge < -0.3 is 16.0 Å². The SMILES string of the molecule is CC(C)NC(=O)Nc1ccc(C(=O)NC2CCN(C3CC3)C2)cc1. The lowest BCUT2D eigenvalue weighted by Crippen LogP contribution is -2.37. The first-order valence-corrected chi connectivity index (χ1v) is 8.74. The number of likely N-dealkylation sites (tertiary alicyclic amines) is 1. The van der Waals surface area contributed by atoms with E-state index in [1.54, 1.807) is 24.3 Å². The predicted octanol–water partition coefficient (Wildman–Crippen LogP) is 2.18. The fraction of sp³-hybridized carbons (Fsp3) is 0.556. The zero-order valence-electron chi connectivity index (χ0n) is 14.3. The van der Waals surface area contributed by atoms with Gasteiger partial charge in [0, 0.05) is 42.5 Å². The molecule has 1 aliphatic carbocycles. The van der Waals surface area contributed by atoms with Crippen molar-refractivity contribution in [2.75, 3.05) is 18.4 Å². The molecule has 1 saturated carbocycles. The number of rotatable bonds is 5. The van der Waals surface area contributed by atoms with Crippen LogP contribution in [0.1, 0.15) is 43.5 Å². The van der Waals surface area contributed by atoms with E-state index >= 15 is 0 Å². The van der Waals surface area contributed by atoms with Crippen LogP contribution in [-0.4, -0.2) is 48.1 Å². The van der Waals surface area contributed by atoms with Gasteiger partial charge in [0.15, 0.2) is 0 Å². The number of carbonyl (C=O) groups is 2. The summed E-state index contributed by atoms with van der Waals surface area (Å²) in [6, 6.07) is 7.83. The van der Waals surface area contributed by atoms with E-state index in [4.69, 9.17) is 0 Å². The van der Waals surface area contributed by atoms with E-state index in [0.717, 1.165) is 25.6 Å². The molecule has 2 aliphatic rings. The standard InChI is InChI=1S/C18H26N4O2/c1-12(2)19-18(24)21-14-5-3-13(4-6-14)17(23)20-15-9-10-22(11-15)16-7-8-16/h3-6,12,15-16H,7-11H2,1-2H3,(H,20,23)(H2,19,21,24). The van der Waals surface area contributed by atoms with E-state index in [1.807, 2.05) is 13.8 Å². The van der Waals surface area contributed by atoms with Crippen LogP contribution in [0.4, 0.5) is 10.5 Å². The van der Waals surface area contributed by atoms with Gasteiger partial charge in [-0.2, -0.15) is 0 Å². The Kier molecular flexibility index (Phi) is 5.04. The number of urea groups is 1. The summed E-state index contributed by atoms with van der Waals surface area (Å²) in [7, 11) is 0. The predicted molar refractivity (Wildman–Crippen MR) is 94.2 cm³/mol. The van der Waals surface area contributed by atoms with Crippen LogP contribution >= 0.6 is 0 Å². The van der Waals surface area contributed by atoms with Crippen LogP contribution in [0.25, 0.3) is 0 Å². The summed E-state index contributed by atoms with van der Waals surface area (Å²) in [5.74, 6) is -0.0455. The lowest BCUT2D eigenvalue weighted by molar-refractivity contribution is 0.0937. The fourth-order valence-corrected chi connectivity index (χ4v) is 3.08. The first-order valence-electron chi connectivity index (χ1n) is 8.74. The molecule has 0 aromatic heterocycles. The Bertz CT molecular complexity index is 596. The average Bonchev–Trinajstić information content (AvgIpc) is 3.27. The van der Waals surface area contributed by atoms with Crippen LogP contribution in [0, 0.1) is 0 Å². The molecule has 1 atom stereocenters. The Morgan fingerprint density at radius 2 is 1.83 bits per heavy atom.